The van der Waals surface area contributed by atoms with E-state index in [0.717, 1.165) is 6.07 Å². The van der Waals surface area contributed by atoms with Crippen LogP contribution in [0.15, 0.2) is 22.6 Å². The number of halogens is 2. The molecule has 2 aromatic rings. The molecule has 24 heavy (non-hydrogen) atoms. The second-order valence-electron chi connectivity index (χ2n) is 5.38. The summed E-state index contributed by atoms with van der Waals surface area (Å²) in [4.78, 5) is 24.3. The normalized spacial score (nSPS) is 11.9. The second-order valence-corrected chi connectivity index (χ2v) is 5.81. The third kappa shape index (κ3) is 3.76. The summed E-state index contributed by atoms with van der Waals surface area (Å²) in [5.74, 6) is -0.959. The molecule has 0 aliphatic heterocycles. The van der Waals surface area contributed by atoms with Gasteiger partial charge in [-0.25, -0.2) is 9.18 Å². The van der Waals surface area contributed by atoms with Crippen molar-refractivity contribution in [2.75, 3.05) is 5.32 Å². The number of furan rings is 1. The van der Waals surface area contributed by atoms with Gasteiger partial charge in [0.2, 0.25) is 0 Å². The van der Waals surface area contributed by atoms with Gasteiger partial charge in [0.05, 0.1) is 5.69 Å². The summed E-state index contributed by atoms with van der Waals surface area (Å²) in [6, 6.07) is 3.85. The van der Waals surface area contributed by atoms with Crippen molar-refractivity contribution in [3.63, 3.8) is 0 Å². The predicted molar refractivity (Wildman–Crippen MR) is 87.8 cm³/mol. The van der Waals surface area contributed by atoms with Crippen LogP contribution in [0.25, 0.3) is 0 Å². The summed E-state index contributed by atoms with van der Waals surface area (Å²) in [6.07, 6.45) is -1.11. The highest BCUT2D eigenvalue weighted by Gasteiger charge is 2.25. The highest BCUT2D eigenvalue weighted by molar-refractivity contribution is 6.30. The Hall–Kier alpha value is -2.34. The maximum Gasteiger partial charge on any atom is 0.342 e. The van der Waals surface area contributed by atoms with Gasteiger partial charge in [0, 0.05) is 10.6 Å². The zero-order valence-corrected chi connectivity index (χ0v) is 14.5. The number of nitrogens with one attached hydrogen (secondary N) is 1. The Morgan fingerprint density at radius 1 is 1.25 bits per heavy atom. The number of rotatable bonds is 4. The van der Waals surface area contributed by atoms with Gasteiger partial charge < -0.3 is 14.5 Å². The summed E-state index contributed by atoms with van der Waals surface area (Å²) in [5, 5.41) is 2.57. The van der Waals surface area contributed by atoms with Crippen LogP contribution in [0.5, 0.6) is 0 Å². The van der Waals surface area contributed by atoms with Gasteiger partial charge in [0.15, 0.2) is 6.10 Å². The highest BCUT2D eigenvalue weighted by Crippen LogP contribution is 2.23. The van der Waals surface area contributed by atoms with Crippen LogP contribution in [0.3, 0.4) is 0 Å². The van der Waals surface area contributed by atoms with Crippen molar-refractivity contribution >= 4 is 29.2 Å². The number of aryl methyl sites for hydroxylation is 2. The lowest BCUT2D eigenvalue weighted by molar-refractivity contribution is -0.123. The molecule has 1 N–H and O–H groups in total. The van der Waals surface area contributed by atoms with Crippen LogP contribution in [0, 0.1) is 26.6 Å². The molecule has 1 aromatic heterocycles. The molecule has 1 amide bonds. The number of esters is 1. The lowest BCUT2D eigenvalue weighted by Gasteiger charge is -2.14. The third-order valence-electron chi connectivity index (χ3n) is 3.61. The topological polar surface area (TPSA) is 68.5 Å². The molecule has 0 bridgehead atoms. The van der Waals surface area contributed by atoms with Crippen LogP contribution < -0.4 is 5.32 Å². The summed E-state index contributed by atoms with van der Waals surface area (Å²) in [5.41, 5.74) is 0.914. The summed E-state index contributed by atoms with van der Waals surface area (Å²) >= 11 is 5.65. The number of benzene rings is 1. The van der Waals surface area contributed by atoms with Crippen LogP contribution in [0.4, 0.5) is 10.1 Å². The van der Waals surface area contributed by atoms with E-state index in [1.165, 1.54) is 19.1 Å². The minimum atomic E-state index is -1.11. The fourth-order valence-corrected chi connectivity index (χ4v) is 2.35. The summed E-state index contributed by atoms with van der Waals surface area (Å²) in [6.45, 7) is 6.51. The largest absolute Gasteiger partial charge is 0.465 e. The number of hydrogen-bond donors (Lipinski definition) is 1. The molecule has 128 valence electrons. The lowest BCUT2D eigenvalue weighted by atomic mass is 10.1. The number of carbonyl (C=O) groups excluding carboxylic acids is 2. The number of anilines is 1. The van der Waals surface area contributed by atoms with Crippen LogP contribution in [0.2, 0.25) is 5.02 Å². The molecule has 1 heterocycles. The second kappa shape index (κ2) is 7.05. The van der Waals surface area contributed by atoms with Crippen molar-refractivity contribution in [1.82, 2.24) is 0 Å². The van der Waals surface area contributed by atoms with Crippen molar-refractivity contribution in [2.45, 2.75) is 33.8 Å². The maximum absolute atomic E-state index is 13.7. The fraction of sp³-hybridized carbons (Fsp3) is 0.294. The quantitative estimate of drug-likeness (QED) is 0.837. The highest BCUT2D eigenvalue weighted by atomic mass is 35.5. The van der Waals surface area contributed by atoms with Gasteiger partial charge in [0.25, 0.3) is 5.91 Å². The van der Waals surface area contributed by atoms with Crippen molar-refractivity contribution in [3.05, 3.63) is 51.7 Å². The van der Waals surface area contributed by atoms with E-state index in [2.05, 4.69) is 5.32 Å². The van der Waals surface area contributed by atoms with Gasteiger partial charge in [0.1, 0.15) is 22.9 Å². The monoisotopic (exact) mass is 353 g/mol. The number of ether oxygens (including phenoxy) is 1. The maximum atomic E-state index is 13.7. The zero-order chi connectivity index (χ0) is 18.0. The molecule has 0 spiro atoms. The molecule has 7 heteroatoms. The lowest BCUT2D eigenvalue weighted by Crippen LogP contribution is -2.30. The first-order chi connectivity index (χ1) is 11.2. The Balaban J connectivity index is 2.07. The van der Waals surface area contributed by atoms with Crippen molar-refractivity contribution in [2.24, 2.45) is 0 Å². The van der Waals surface area contributed by atoms with Gasteiger partial charge in [-0.05, 0) is 45.9 Å². The van der Waals surface area contributed by atoms with E-state index < -0.39 is 23.8 Å². The standard InChI is InChI=1S/C17H17ClFNO4/c1-8-9(2)23-10(3)15(8)17(22)24-11(4)16(21)20-14-6-5-12(18)7-13(14)19/h5-7,11H,1-4H3,(H,20,21)/t11-/m0/s1. The Bertz CT molecular complexity index is 800. The molecular formula is C17H17ClFNO4. The molecule has 0 fully saturated rings. The molecule has 1 atom stereocenters. The Morgan fingerprint density at radius 2 is 1.92 bits per heavy atom. The van der Waals surface area contributed by atoms with E-state index in [0.29, 0.717) is 22.6 Å². The summed E-state index contributed by atoms with van der Waals surface area (Å²) < 4.78 is 24.2. The van der Waals surface area contributed by atoms with Crippen molar-refractivity contribution < 1.29 is 23.1 Å². The van der Waals surface area contributed by atoms with E-state index in [1.54, 1.807) is 20.8 Å². The predicted octanol–water partition coefficient (Wildman–Crippen LogP) is 4.18. The minimum Gasteiger partial charge on any atom is -0.465 e. The molecule has 5 nitrogen and oxygen atoms in total. The first-order valence-corrected chi connectivity index (χ1v) is 7.62. The average Bonchev–Trinajstić information content (AvgIpc) is 2.74. The first kappa shape index (κ1) is 18.0. The van der Waals surface area contributed by atoms with E-state index in [9.17, 15) is 14.0 Å². The molecule has 1 aromatic carbocycles. The molecular weight excluding hydrogens is 337 g/mol. The minimum absolute atomic E-state index is 0.0428. The zero-order valence-electron chi connectivity index (χ0n) is 13.7. The van der Waals surface area contributed by atoms with Gasteiger partial charge in [-0.15, -0.1) is 0 Å². The van der Waals surface area contributed by atoms with Crippen LogP contribution >= 0.6 is 11.6 Å². The van der Waals surface area contributed by atoms with Crippen molar-refractivity contribution in [1.29, 1.82) is 0 Å². The van der Waals surface area contributed by atoms with Crippen LogP contribution in [-0.2, 0) is 9.53 Å². The molecule has 0 saturated carbocycles. The average molecular weight is 354 g/mol. The molecule has 2 rings (SSSR count). The Labute approximate surface area is 143 Å². The molecule has 0 saturated heterocycles. The Morgan fingerprint density at radius 3 is 2.46 bits per heavy atom. The smallest absolute Gasteiger partial charge is 0.342 e. The molecule has 0 aliphatic carbocycles. The summed E-state index contributed by atoms with van der Waals surface area (Å²) in [7, 11) is 0. The van der Waals surface area contributed by atoms with Gasteiger partial charge in [-0.2, -0.15) is 0 Å². The third-order valence-corrected chi connectivity index (χ3v) is 3.84. The SMILES string of the molecule is Cc1oc(C)c(C(=O)O[C@@H](C)C(=O)Nc2ccc(Cl)cc2F)c1C. The number of carbonyl (C=O) groups is 2. The molecule has 0 unspecified atom stereocenters. The molecule has 0 aliphatic rings. The Kier molecular flexibility index (Phi) is 5.29. The first-order valence-electron chi connectivity index (χ1n) is 7.24. The van der Waals surface area contributed by atoms with Gasteiger partial charge in [-0.3, -0.25) is 4.79 Å². The van der Waals surface area contributed by atoms with E-state index in [-0.39, 0.29) is 10.7 Å². The van der Waals surface area contributed by atoms with Gasteiger partial charge in [-0.1, -0.05) is 11.6 Å². The van der Waals surface area contributed by atoms with Crippen molar-refractivity contribution in [3.8, 4) is 0 Å². The van der Waals surface area contributed by atoms with Crippen LogP contribution in [0.1, 0.15) is 34.4 Å². The fourth-order valence-electron chi connectivity index (χ4n) is 2.19. The van der Waals surface area contributed by atoms with E-state index >= 15 is 0 Å². The van der Waals surface area contributed by atoms with E-state index in [1.807, 2.05) is 0 Å². The van der Waals surface area contributed by atoms with E-state index in [4.69, 9.17) is 20.8 Å². The number of hydrogen-bond acceptors (Lipinski definition) is 4. The number of amides is 1. The van der Waals surface area contributed by atoms with Gasteiger partial charge >= 0.3 is 5.97 Å². The van der Waals surface area contributed by atoms with Crippen LogP contribution in [-0.4, -0.2) is 18.0 Å². The molecule has 0 radical (unpaired) electrons.